The number of carbonyl (C=O) groups excluding carboxylic acids is 1. The number of nitrogens with two attached hydrogens (primary N) is 1. The molecule has 0 amide bonds. The fourth-order valence-electron chi connectivity index (χ4n) is 1.73. The molecule has 19 heavy (non-hydrogen) atoms. The topological polar surface area (TPSA) is 52.3 Å². The van der Waals surface area contributed by atoms with Crippen molar-refractivity contribution in [2.45, 2.75) is 20.5 Å². The van der Waals surface area contributed by atoms with Crippen LogP contribution in [0.15, 0.2) is 24.3 Å². The third-order valence-electron chi connectivity index (χ3n) is 2.81. The molecule has 0 fully saturated rings. The normalized spacial score (nSPS) is 10.5. The SMILES string of the molecule is Cc1cc(C)c(C(=O)OCc2ccc(Cl)s2)cc1N. The van der Waals surface area contributed by atoms with Crippen molar-refractivity contribution in [3.05, 3.63) is 50.2 Å². The summed E-state index contributed by atoms with van der Waals surface area (Å²) < 4.78 is 5.94. The van der Waals surface area contributed by atoms with Gasteiger partial charge in [-0.15, -0.1) is 11.3 Å². The van der Waals surface area contributed by atoms with Crippen LogP contribution >= 0.6 is 22.9 Å². The first-order chi connectivity index (χ1) is 8.97. The number of aryl methyl sites for hydroxylation is 2. The molecule has 1 aromatic carbocycles. The highest BCUT2D eigenvalue weighted by Gasteiger charge is 2.13. The largest absolute Gasteiger partial charge is 0.456 e. The lowest BCUT2D eigenvalue weighted by molar-refractivity contribution is 0.0476. The number of ether oxygens (including phenoxy) is 1. The van der Waals surface area contributed by atoms with Gasteiger partial charge in [0.25, 0.3) is 0 Å². The predicted octanol–water partition coefficient (Wildman–Crippen LogP) is 3.96. The molecule has 2 N–H and O–H groups in total. The molecule has 0 bridgehead atoms. The number of benzene rings is 1. The van der Waals surface area contributed by atoms with Crippen LogP contribution in [-0.4, -0.2) is 5.97 Å². The van der Waals surface area contributed by atoms with Crippen molar-refractivity contribution >= 4 is 34.6 Å². The zero-order valence-electron chi connectivity index (χ0n) is 10.7. The highest BCUT2D eigenvalue weighted by molar-refractivity contribution is 7.16. The molecular weight excluding hydrogens is 282 g/mol. The fourth-order valence-corrected chi connectivity index (χ4v) is 2.73. The van der Waals surface area contributed by atoms with E-state index in [-0.39, 0.29) is 12.6 Å². The minimum Gasteiger partial charge on any atom is -0.456 e. The highest BCUT2D eigenvalue weighted by atomic mass is 35.5. The van der Waals surface area contributed by atoms with Gasteiger partial charge in [0.2, 0.25) is 0 Å². The number of rotatable bonds is 3. The summed E-state index contributed by atoms with van der Waals surface area (Å²) in [7, 11) is 0. The number of nitrogen functional groups attached to an aromatic ring is 1. The second kappa shape index (κ2) is 5.63. The van der Waals surface area contributed by atoms with E-state index in [2.05, 4.69) is 0 Å². The minimum atomic E-state index is -0.367. The van der Waals surface area contributed by atoms with Gasteiger partial charge in [-0.2, -0.15) is 0 Å². The first kappa shape index (κ1) is 13.9. The Kier molecular flexibility index (Phi) is 4.12. The maximum Gasteiger partial charge on any atom is 0.338 e. The highest BCUT2D eigenvalue weighted by Crippen LogP contribution is 2.23. The van der Waals surface area contributed by atoms with E-state index in [9.17, 15) is 4.79 Å². The molecule has 0 aliphatic heterocycles. The van der Waals surface area contributed by atoms with Gasteiger partial charge in [-0.05, 0) is 43.2 Å². The molecule has 3 nitrogen and oxygen atoms in total. The molecule has 0 unspecified atom stereocenters. The summed E-state index contributed by atoms with van der Waals surface area (Å²) in [5, 5.41) is 0. The van der Waals surface area contributed by atoms with Crippen LogP contribution in [-0.2, 0) is 11.3 Å². The number of hydrogen-bond donors (Lipinski definition) is 1. The molecule has 2 aromatic rings. The zero-order chi connectivity index (χ0) is 14.0. The molecular formula is C14H14ClNO2S. The van der Waals surface area contributed by atoms with E-state index < -0.39 is 0 Å². The van der Waals surface area contributed by atoms with Gasteiger partial charge in [0.15, 0.2) is 0 Å². The van der Waals surface area contributed by atoms with Crippen LogP contribution in [0.4, 0.5) is 5.69 Å². The maximum absolute atomic E-state index is 12.0. The monoisotopic (exact) mass is 295 g/mol. The van der Waals surface area contributed by atoms with Gasteiger partial charge in [0.05, 0.1) is 9.90 Å². The average Bonchev–Trinajstić information content (AvgIpc) is 2.77. The summed E-state index contributed by atoms with van der Waals surface area (Å²) in [5.41, 5.74) is 8.73. The molecule has 0 saturated heterocycles. The molecule has 0 spiro atoms. The maximum atomic E-state index is 12.0. The lowest BCUT2D eigenvalue weighted by Crippen LogP contribution is -2.08. The van der Waals surface area contributed by atoms with Crippen LogP contribution in [0, 0.1) is 13.8 Å². The van der Waals surface area contributed by atoms with Gasteiger partial charge in [-0.25, -0.2) is 4.79 Å². The van der Waals surface area contributed by atoms with E-state index in [4.69, 9.17) is 22.1 Å². The van der Waals surface area contributed by atoms with Crippen LogP contribution in [0.25, 0.3) is 0 Å². The van der Waals surface area contributed by atoms with Crippen molar-refractivity contribution in [3.8, 4) is 0 Å². The molecule has 0 radical (unpaired) electrons. The smallest absolute Gasteiger partial charge is 0.338 e. The van der Waals surface area contributed by atoms with Gasteiger partial charge in [0.1, 0.15) is 6.61 Å². The first-order valence-corrected chi connectivity index (χ1v) is 6.95. The Hall–Kier alpha value is -1.52. The summed E-state index contributed by atoms with van der Waals surface area (Å²) >= 11 is 7.22. The number of anilines is 1. The summed E-state index contributed by atoms with van der Waals surface area (Å²) in [6, 6.07) is 7.17. The average molecular weight is 296 g/mol. The Labute approximate surface area is 121 Å². The van der Waals surface area contributed by atoms with Crippen LogP contribution in [0.3, 0.4) is 0 Å². The van der Waals surface area contributed by atoms with Crippen LogP contribution < -0.4 is 5.73 Å². The zero-order valence-corrected chi connectivity index (χ0v) is 12.3. The molecule has 0 atom stereocenters. The number of esters is 1. The number of carbonyl (C=O) groups is 1. The standard InChI is InChI=1S/C14H14ClNO2S/c1-8-5-9(2)12(16)6-11(8)14(17)18-7-10-3-4-13(15)19-10/h3-6H,7,16H2,1-2H3. The van der Waals surface area contributed by atoms with Crippen molar-refractivity contribution in [2.75, 3.05) is 5.73 Å². The molecule has 5 heteroatoms. The van der Waals surface area contributed by atoms with Crippen molar-refractivity contribution in [1.29, 1.82) is 0 Å². The van der Waals surface area contributed by atoms with Crippen LogP contribution in [0.1, 0.15) is 26.4 Å². The number of hydrogen-bond acceptors (Lipinski definition) is 4. The molecule has 0 aliphatic rings. The second-order valence-electron chi connectivity index (χ2n) is 4.31. The molecule has 0 aliphatic carbocycles. The van der Waals surface area contributed by atoms with E-state index in [0.29, 0.717) is 15.6 Å². The second-order valence-corrected chi connectivity index (χ2v) is 6.11. The van der Waals surface area contributed by atoms with Crippen LogP contribution in [0.5, 0.6) is 0 Å². The quantitative estimate of drug-likeness (QED) is 0.689. The lowest BCUT2D eigenvalue weighted by Gasteiger charge is -2.09. The third-order valence-corrected chi connectivity index (χ3v) is 4.01. The van der Waals surface area contributed by atoms with Crippen molar-refractivity contribution in [3.63, 3.8) is 0 Å². The minimum absolute atomic E-state index is 0.226. The van der Waals surface area contributed by atoms with Crippen molar-refractivity contribution in [2.24, 2.45) is 0 Å². The lowest BCUT2D eigenvalue weighted by atomic mass is 10.0. The molecule has 100 valence electrons. The van der Waals surface area contributed by atoms with Crippen molar-refractivity contribution < 1.29 is 9.53 Å². The van der Waals surface area contributed by atoms with Gasteiger partial charge in [-0.1, -0.05) is 17.7 Å². The summed E-state index contributed by atoms with van der Waals surface area (Å²) in [6.07, 6.45) is 0. The Morgan fingerprint density at radius 1 is 1.32 bits per heavy atom. The molecule has 0 saturated carbocycles. The third kappa shape index (κ3) is 3.28. The van der Waals surface area contributed by atoms with E-state index in [0.717, 1.165) is 16.0 Å². The summed E-state index contributed by atoms with van der Waals surface area (Å²) in [5.74, 6) is -0.367. The van der Waals surface area contributed by atoms with E-state index in [1.54, 1.807) is 12.1 Å². The summed E-state index contributed by atoms with van der Waals surface area (Å²) in [4.78, 5) is 12.9. The first-order valence-electron chi connectivity index (χ1n) is 5.75. The van der Waals surface area contributed by atoms with E-state index in [1.807, 2.05) is 26.0 Å². The Morgan fingerprint density at radius 2 is 2.05 bits per heavy atom. The van der Waals surface area contributed by atoms with Gasteiger partial charge in [-0.3, -0.25) is 0 Å². The molecule has 1 heterocycles. The number of thiophene rings is 1. The van der Waals surface area contributed by atoms with E-state index >= 15 is 0 Å². The van der Waals surface area contributed by atoms with Gasteiger partial charge in [0, 0.05) is 10.6 Å². The Bertz CT molecular complexity index is 622. The van der Waals surface area contributed by atoms with Crippen molar-refractivity contribution in [1.82, 2.24) is 0 Å². The van der Waals surface area contributed by atoms with Gasteiger partial charge < -0.3 is 10.5 Å². The molecule has 1 aromatic heterocycles. The Morgan fingerprint density at radius 3 is 2.68 bits per heavy atom. The van der Waals surface area contributed by atoms with Gasteiger partial charge >= 0.3 is 5.97 Å². The summed E-state index contributed by atoms with van der Waals surface area (Å²) in [6.45, 7) is 4.00. The predicted molar refractivity (Wildman–Crippen MR) is 78.8 cm³/mol. The number of halogens is 1. The Balaban J connectivity index is 2.10. The van der Waals surface area contributed by atoms with E-state index in [1.165, 1.54) is 11.3 Å². The van der Waals surface area contributed by atoms with Crippen LogP contribution in [0.2, 0.25) is 4.34 Å². The molecule has 2 rings (SSSR count). The fraction of sp³-hybridized carbons (Fsp3) is 0.214.